The van der Waals surface area contributed by atoms with Gasteiger partial charge in [-0.1, -0.05) is 140 Å². The highest BCUT2D eigenvalue weighted by molar-refractivity contribution is 6.16. The van der Waals surface area contributed by atoms with Crippen LogP contribution in [0.25, 0.3) is 77.3 Å². The van der Waals surface area contributed by atoms with Crippen molar-refractivity contribution < 1.29 is 4.42 Å². The second-order valence-corrected chi connectivity index (χ2v) is 14.8. The molecular weight excluding hydrogens is 693 g/mol. The largest absolute Gasteiger partial charge is 0.456 e. The molecule has 1 aliphatic carbocycles. The SMILES string of the molecule is C1=C(c2ccccc2)CCC(N(c2ccc(-c3ccccc3)cc2)c2cccc(-c3cccc4c3c3ccccc3n4-c3ccc4oc5ccccc5c4c3)c2)=C1. The third-order valence-electron chi connectivity index (χ3n) is 11.5. The average molecular weight is 731 g/mol. The summed E-state index contributed by atoms with van der Waals surface area (Å²) in [6.45, 7) is 0. The van der Waals surface area contributed by atoms with Crippen LogP contribution in [-0.2, 0) is 0 Å². The molecule has 8 aromatic carbocycles. The number of rotatable bonds is 7. The fraction of sp³-hybridized carbons (Fsp3) is 0.0370. The third kappa shape index (κ3) is 5.75. The molecule has 0 atom stereocenters. The van der Waals surface area contributed by atoms with Gasteiger partial charge in [0.2, 0.25) is 0 Å². The molecule has 0 bridgehead atoms. The first-order valence-corrected chi connectivity index (χ1v) is 19.7. The van der Waals surface area contributed by atoms with Crippen LogP contribution in [0.1, 0.15) is 18.4 Å². The Kier molecular flexibility index (Phi) is 7.96. The minimum atomic E-state index is 0.900. The topological polar surface area (TPSA) is 21.3 Å². The molecule has 2 aromatic heterocycles. The summed E-state index contributed by atoms with van der Waals surface area (Å²) in [4.78, 5) is 2.45. The molecule has 0 saturated heterocycles. The maximum Gasteiger partial charge on any atom is 0.135 e. The zero-order valence-corrected chi connectivity index (χ0v) is 31.3. The van der Waals surface area contributed by atoms with E-state index in [0.29, 0.717) is 0 Å². The molecule has 2 heterocycles. The Morgan fingerprint density at radius 1 is 0.421 bits per heavy atom. The number of aromatic nitrogens is 1. The molecular formula is C54H38N2O. The Labute approximate surface area is 331 Å². The zero-order valence-electron chi connectivity index (χ0n) is 31.3. The van der Waals surface area contributed by atoms with Gasteiger partial charge in [-0.2, -0.15) is 0 Å². The molecule has 3 heteroatoms. The Morgan fingerprint density at radius 2 is 1.09 bits per heavy atom. The smallest absolute Gasteiger partial charge is 0.135 e. The molecule has 0 unspecified atom stereocenters. The van der Waals surface area contributed by atoms with Gasteiger partial charge in [0, 0.05) is 44.3 Å². The lowest BCUT2D eigenvalue weighted by molar-refractivity contribution is 0.669. The van der Waals surface area contributed by atoms with E-state index in [0.717, 1.165) is 51.8 Å². The van der Waals surface area contributed by atoms with Crippen molar-refractivity contribution in [3.05, 3.63) is 218 Å². The van der Waals surface area contributed by atoms with Gasteiger partial charge in [-0.3, -0.25) is 0 Å². The van der Waals surface area contributed by atoms with Crippen molar-refractivity contribution in [2.45, 2.75) is 12.8 Å². The van der Waals surface area contributed by atoms with Crippen LogP contribution in [0.3, 0.4) is 0 Å². The van der Waals surface area contributed by atoms with Gasteiger partial charge in [0.1, 0.15) is 11.2 Å². The predicted molar refractivity (Wildman–Crippen MR) is 239 cm³/mol. The number of hydrogen-bond donors (Lipinski definition) is 0. The summed E-state index contributed by atoms with van der Waals surface area (Å²) in [5, 5.41) is 4.73. The van der Waals surface area contributed by atoms with Crippen molar-refractivity contribution in [1.29, 1.82) is 0 Å². The summed E-state index contributed by atoms with van der Waals surface area (Å²) >= 11 is 0. The van der Waals surface area contributed by atoms with Crippen LogP contribution in [0.15, 0.2) is 216 Å². The van der Waals surface area contributed by atoms with E-state index < -0.39 is 0 Å². The first-order chi connectivity index (χ1) is 28.3. The molecule has 10 aromatic rings. The molecule has 1 aliphatic rings. The van der Waals surface area contributed by atoms with Crippen molar-refractivity contribution in [3.8, 4) is 27.9 Å². The van der Waals surface area contributed by atoms with Gasteiger partial charge in [0.15, 0.2) is 0 Å². The second kappa shape index (κ2) is 13.7. The number of furan rings is 1. The molecule has 0 aliphatic heterocycles. The molecule has 270 valence electrons. The maximum atomic E-state index is 6.21. The molecule has 0 saturated carbocycles. The van der Waals surface area contributed by atoms with Crippen molar-refractivity contribution >= 4 is 60.7 Å². The van der Waals surface area contributed by atoms with Crippen LogP contribution < -0.4 is 4.90 Å². The highest BCUT2D eigenvalue weighted by Crippen LogP contribution is 2.43. The molecule has 0 amide bonds. The standard InChI is InChI=1S/C54H38N2O/c1-3-13-37(14-4-1)39-25-29-42(30-26-39)55(43-31-27-40(28-32-43)38-15-5-2-6-16-38)44-18-11-17-41(35-44)46-21-12-23-51-54(46)48-20-7-9-22-50(48)56(51)45-33-34-53-49(36-45)47-19-8-10-24-52(47)57-53/h1-27,29-31,33-36H,28,32H2. The van der Waals surface area contributed by atoms with Crippen LogP contribution in [0, 0.1) is 0 Å². The molecule has 57 heavy (non-hydrogen) atoms. The lowest BCUT2D eigenvalue weighted by Crippen LogP contribution is -2.18. The number of benzene rings is 8. The minimum Gasteiger partial charge on any atom is -0.456 e. The lowest BCUT2D eigenvalue weighted by atomic mass is 9.94. The summed E-state index contributed by atoms with van der Waals surface area (Å²) in [6.07, 6.45) is 6.54. The van der Waals surface area contributed by atoms with E-state index in [1.807, 2.05) is 12.1 Å². The summed E-state index contributed by atoms with van der Waals surface area (Å²) in [6, 6.07) is 69.8. The Morgan fingerprint density at radius 3 is 1.89 bits per heavy atom. The molecule has 11 rings (SSSR count). The van der Waals surface area contributed by atoms with Crippen molar-refractivity contribution in [2.75, 3.05) is 4.90 Å². The van der Waals surface area contributed by atoms with Crippen LogP contribution in [0.5, 0.6) is 0 Å². The molecule has 0 N–H and O–H groups in total. The van der Waals surface area contributed by atoms with E-state index in [1.165, 1.54) is 60.9 Å². The third-order valence-corrected chi connectivity index (χ3v) is 11.5. The van der Waals surface area contributed by atoms with Gasteiger partial charge in [-0.15, -0.1) is 0 Å². The van der Waals surface area contributed by atoms with Crippen LogP contribution in [-0.4, -0.2) is 4.57 Å². The summed E-state index contributed by atoms with van der Waals surface area (Å²) in [7, 11) is 0. The van der Waals surface area contributed by atoms with E-state index in [1.54, 1.807) is 0 Å². The van der Waals surface area contributed by atoms with Crippen molar-refractivity contribution in [3.63, 3.8) is 0 Å². The first kappa shape index (κ1) is 33.0. The van der Waals surface area contributed by atoms with Gasteiger partial charge >= 0.3 is 0 Å². The van der Waals surface area contributed by atoms with Crippen LogP contribution in [0.2, 0.25) is 0 Å². The summed E-state index contributed by atoms with van der Waals surface area (Å²) < 4.78 is 8.62. The second-order valence-electron chi connectivity index (χ2n) is 14.8. The monoisotopic (exact) mass is 730 g/mol. The van der Waals surface area contributed by atoms with E-state index >= 15 is 0 Å². The van der Waals surface area contributed by atoms with Crippen molar-refractivity contribution in [1.82, 2.24) is 4.57 Å². The summed E-state index contributed by atoms with van der Waals surface area (Å²) in [5.74, 6) is 0. The minimum absolute atomic E-state index is 0.900. The van der Waals surface area contributed by atoms with Gasteiger partial charge in [0.25, 0.3) is 0 Å². The Hall–Kier alpha value is -7.36. The molecule has 0 fully saturated rings. The number of allylic oxidation sites excluding steroid dienone is 4. The van der Waals surface area contributed by atoms with Crippen LogP contribution >= 0.6 is 0 Å². The molecule has 0 spiro atoms. The molecule has 3 nitrogen and oxygen atoms in total. The van der Waals surface area contributed by atoms with Crippen LogP contribution in [0.4, 0.5) is 11.4 Å². The quantitative estimate of drug-likeness (QED) is 0.163. The van der Waals surface area contributed by atoms with Crippen molar-refractivity contribution in [2.24, 2.45) is 0 Å². The van der Waals surface area contributed by atoms with E-state index in [4.69, 9.17) is 4.42 Å². The summed E-state index contributed by atoms with van der Waals surface area (Å²) in [5.41, 5.74) is 16.3. The average Bonchev–Trinajstić information content (AvgIpc) is 3.83. The number of fused-ring (bicyclic) bond motifs is 6. The highest BCUT2D eigenvalue weighted by Gasteiger charge is 2.21. The van der Waals surface area contributed by atoms with E-state index in [-0.39, 0.29) is 0 Å². The maximum absolute atomic E-state index is 6.21. The normalized spacial score (nSPS) is 13.0. The number of anilines is 2. The Balaban J connectivity index is 1.05. The highest BCUT2D eigenvalue weighted by atomic mass is 16.3. The first-order valence-electron chi connectivity index (χ1n) is 19.7. The van der Waals surface area contributed by atoms with Gasteiger partial charge in [-0.25, -0.2) is 0 Å². The Bertz CT molecular complexity index is 3160. The van der Waals surface area contributed by atoms with Gasteiger partial charge in [0.05, 0.1) is 11.0 Å². The van der Waals surface area contributed by atoms with Gasteiger partial charge in [-0.05, 0) is 113 Å². The number of nitrogens with zero attached hydrogens (tertiary/aromatic N) is 2. The number of hydrogen-bond acceptors (Lipinski definition) is 2. The fourth-order valence-corrected chi connectivity index (χ4v) is 8.82. The zero-order chi connectivity index (χ0) is 37.7. The fourth-order valence-electron chi connectivity index (χ4n) is 8.82. The van der Waals surface area contributed by atoms with E-state index in [2.05, 4.69) is 204 Å². The van der Waals surface area contributed by atoms with E-state index in [9.17, 15) is 0 Å². The lowest BCUT2D eigenvalue weighted by Gasteiger charge is -2.30. The predicted octanol–water partition coefficient (Wildman–Crippen LogP) is 14.9. The van der Waals surface area contributed by atoms with Gasteiger partial charge < -0.3 is 13.9 Å². The molecule has 0 radical (unpaired) electrons. The number of para-hydroxylation sites is 2.